The maximum Gasteiger partial charge on any atom is 0.321 e. The summed E-state index contributed by atoms with van der Waals surface area (Å²) in [6, 6.07) is 10.1. The van der Waals surface area contributed by atoms with E-state index in [1.165, 1.54) is 11.8 Å². The number of urea groups is 1. The number of amides is 3. The van der Waals surface area contributed by atoms with Crippen molar-refractivity contribution in [1.29, 1.82) is 0 Å². The summed E-state index contributed by atoms with van der Waals surface area (Å²) in [5.41, 5.74) is 2.04. The number of nitrogens with one attached hydrogen (secondary N) is 3. The molecular formula is C22H26ClN5O3S. The van der Waals surface area contributed by atoms with E-state index in [-0.39, 0.29) is 11.3 Å². The van der Waals surface area contributed by atoms with E-state index in [1.54, 1.807) is 23.3 Å². The van der Waals surface area contributed by atoms with E-state index >= 15 is 0 Å². The van der Waals surface area contributed by atoms with Crippen LogP contribution in [0.25, 0.3) is 0 Å². The lowest BCUT2D eigenvalue weighted by molar-refractivity contribution is -0.121. The molecule has 170 valence electrons. The van der Waals surface area contributed by atoms with Gasteiger partial charge in [0.1, 0.15) is 11.9 Å². The average molecular weight is 476 g/mol. The lowest BCUT2D eigenvalue weighted by Gasteiger charge is -2.33. The second kappa shape index (κ2) is 9.56. The molecular weight excluding hydrogens is 450 g/mol. The van der Waals surface area contributed by atoms with Gasteiger partial charge in [-0.15, -0.1) is 0 Å². The van der Waals surface area contributed by atoms with Gasteiger partial charge in [0.05, 0.1) is 16.0 Å². The molecule has 2 aromatic rings. The van der Waals surface area contributed by atoms with E-state index in [1.807, 2.05) is 24.3 Å². The molecule has 10 heteroatoms. The second-order valence-electron chi connectivity index (χ2n) is 8.25. The van der Waals surface area contributed by atoms with E-state index in [9.17, 15) is 13.8 Å². The molecule has 1 saturated carbocycles. The number of carbonyl (C=O) groups is 2. The minimum Gasteiger partial charge on any atom is -0.326 e. The predicted octanol–water partition coefficient (Wildman–Crippen LogP) is 2.97. The number of rotatable bonds is 7. The number of hydrogen-bond acceptors (Lipinski definition) is 4. The second-order valence-corrected chi connectivity index (χ2v) is 9.88. The van der Waals surface area contributed by atoms with Crippen molar-refractivity contribution in [3.05, 3.63) is 53.2 Å². The van der Waals surface area contributed by atoms with Crippen molar-refractivity contribution in [3.63, 3.8) is 0 Å². The van der Waals surface area contributed by atoms with Crippen LogP contribution in [-0.2, 0) is 21.2 Å². The van der Waals surface area contributed by atoms with Crippen LogP contribution in [-0.4, -0.2) is 46.5 Å². The molecule has 1 saturated heterocycles. The highest BCUT2D eigenvalue weighted by Gasteiger charge is 2.44. The Kier molecular flexibility index (Phi) is 6.78. The molecule has 2 aliphatic rings. The van der Waals surface area contributed by atoms with Gasteiger partial charge in [-0.25, -0.2) is 18.7 Å². The first-order valence-electron chi connectivity index (χ1n) is 10.5. The molecule has 3 amide bonds. The number of piperidine rings is 1. The highest BCUT2D eigenvalue weighted by molar-refractivity contribution is 7.82. The summed E-state index contributed by atoms with van der Waals surface area (Å²) in [4.78, 5) is 31.1. The Balaban J connectivity index is 1.38. The number of pyridine rings is 1. The summed E-state index contributed by atoms with van der Waals surface area (Å²) >= 11 is 5.81. The summed E-state index contributed by atoms with van der Waals surface area (Å²) in [5, 5.41) is 5.85. The number of nitrogens with zero attached hydrogens (tertiary/aromatic N) is 2. The fourth-order valence-electron chi connectivity index (χ4n) is 3.98. The van der Waals surface area contributed by atoms with E-state index in [2.05, 4.69) is 20.3 Å². The van der Waals surface area contributed by atoms with E-state index in [0.29, 0.717) is 30.4 Å². The van der Waals surface area contributed by atoms with Crippen LogP contribution >= 0.6 is 11.6 Å². The summed E-state index contributed by atoms with van der Waals surface area (Å²) in [6.45, 7) is 1.29. The number of carbonyl (C=O) groups excluding carboxylic acids is 2. The Hall–Kier alpha value is -2.49. The summed E-state index contributed by atoms with van der Waals surface area (Å²) in [5.74, 6) is 0.227. The van der Waals surface area contributed by atoms with Gasteiger partial charge in [0, 0.05) is 36.6 Å². The highest BCUT2D eigenvalue weighted by atomic mass is 35.5. The smallest absolute Gasteiger partial charge is 0.321 e. The van der Waals surface area contributed by atoms with E-state index in [4.69, 9.17) is 11.6 Å². The molecule has 1 aliphatic carbocycles. The molecule has 2 fully saturated rings. The zero-order chi connectivity index (χ0) is 22.7. The molecule has 8 nitrogen and oxygen atoms in total. The van der Waals surface area contributed by atoms with Crippen LogP contribution in [0.15, 0.2) is 42.6 Å². The number of halogens is 1. The lowest BCUT2D eigenvalue weighted by atomic mass is 9.95. The Morgan fingerprint density at radius 3 is 2.62 bits per heavy atom. The largest absolute Gasteiger partial charge is 0.326 e. The fraction of sp³-hybridized carbons (Fsp3) is 0.409. The topological polar surface area (TPSA) is 103 Å². The first-order valence-corrected chi connectivity index (χ1v) is 12.5. The highest BCUT2D eigenvalue weighted by Crippen LogP contribution is 2.48. The maximum absolute atomic E-state index is 13.0. The summed E-state index contributed by atoms with van der Waals surface area (Å²) < 4.78 is 14.4. The number of hydrogen-bond donors (Lipinski definition) is 3. The van der Waals surface area contributed by atoms with Crippen molar-refractivity contribution in [2.24, 2.45) is 0 Å². The standard InChI is InChI=1S/C22H26ClN5O3S/c1-32(31)25-14-22(10-11-22)15-4-7-17(8-5-15)28-12-2-3-18(20(28)29)26-21(30)27-19-9-6-16(23)13-24-19/h4-9,13,18,25H,2-3,10-12,14H2,1H3,(H2,24,26,27,30). The minimum atomic E-state index is -1.03. The quantitative estimate of drug-likeness (QED) is 0.572. The van der Waals surface area contributed by atoms with Crippen LogP contribution in [0.3, 0.4) is 0 Å². The monoisotopic (exact) mass is 475 g/mol. The third kappa shape index (κ3) is 5.28. The molecule has 32 heavy (non-hydrogen) atoms. The van der Waals surface area contributed by atoms with Crippen LogP contribution in [0.2, 0.25) is 5.02 Å². The number of aromatic nitrogens is 1. The number of benzene rings is 1. The third-order valence-electron chi connectivity index (χ3n) is 5.97. The summed E-state index contributed by atoms with van der Waals surface area (Å²) in [7, 11) is -1.03. The van der Waals surface area contributed by atoms with Crippen LogP contribution in [0, 0.1) is 0 Å². The Labute approximate surface area is 194 Å². The molecule has 1 aromatic carbocycles. The van der Waals surface area contributed by atoms with Crippen LogP contribution in [0.1, 0.15) is 31.2 Å². The predicted molar refractivity (Wildman–Crippen MR) is 126 cm³/mol. The molecule has 0 radical (unpaired) electrons. The molecule has 3 N–H and O–H groups in total. The van der Waals surface area contributed by atoms with Crippen molar-refractivity contribution < 1.29 is 13.8 Å². The lowest BCUT2D eigenvalue weighted by Crippen LogP contribution is -2.53. The molecule has 1 aliphatic heterocycles. The van der Waals surface area contributed by atoms with E-state index < -0.39 is 23.1 Å². The zero-order valence-corrected chi connectivity index (χ0v) is 19.3. The normalized spacial score (nSPS) is 20.5. The van der Waals surface area contributed by atoms with Gasteiger partial charge >= 0.3 is 6.03 Å². The molecule has 2 unspecified atom stereocenters. The van der Waals surface area contributed by atoms with Crippen LogP contribution in [0.4, 0.5) is 16.3 Å². The van der Waals surface area contributed by atoms with Crippen molar-refractivity contribution in [2.45, 2.75) is 37.1 Å². The molecule has 1 aromatic heterocycles. The van der Waals surface area contributed by atoms with Crippen LogP contribution in [0.5, 0.6) is 0 Å². The molecule has 2 heterocycles. The first-order chi connectivity index (χ1) is 15.4. The van der Waals surface area contributed by atoms with Crippen molar-refractivity contribution >= 4 is 46.0 Å². The van der Waals surface area contributed by atoms with Crippen molar-refractivity contribution in [3.8, 4) is 0 Å². The third-order valence-corrected chi connectivity index (χ3v) is 6.75. The molecule has 4 rings (SSSR count). The Morgan fingerprint density at radius 2 is 2.00 bits per heavy atom. The van der Waals surface area contributed by atoms with E-state index in [0.717, 1.165) is 24.9 Å². The minimum absolute atomic E-state index is 0.0357. The first kappa shape index (κ1) is 22.7. The van der Waals surface area contributed by atoms with Crippen molar-refractivity contribution in [1.82, 2.24) is 15.0 Å². The van der Waals surface area contributed by atoms with Gasteiger partial charge in [-0.2, -0.15) is 0 Å². The Bertz CT molecular complexity index is 1010. The molecule has 2 atom stereocenters. The van der Waals surface area contributed by atoms with Gasteiger partial charge in [-0.1, -0.05) is 23.7 Å². The Morgan fingerprint density at radius 1 is 1.25 bits per heavy atom. The molecule has 0 bridgehead atoms. The average Bonchev–Trinajstić information content (AvgIpc) is 3.57. The van der Waals surface area contributed by atoms with Gasteiger partial charge in [0.25, 0.3) is 0 Å². The molecule has 0 spiro atoms. The zero-order valence-electron chi connectivity index (χ0n) is 17.8. The van der Waals surface area contributed by atoms with Gasteiger partial charge in [-0.05, 0) is 55.5 Å². The van der Waals surface area contributed by atoms with Crippen molar-refractivity contribution in [2.75, 3.05) is 29.6 Å². The maximum atomic E-state index is 13.0. The fourth-order valence-corrected chi connectivity index (χ4v) is 4.57. The van der Waals surface area contributed by atoms with Gasteiger partial charge in [0.15, 0.2) is 0 Å². The van der Waals surface area contributed by atoms with Gasteiger partial charge in [0.2, 0.25) is 5.91 Å². The SMILES string of the molecule is CS(=O)NCC1(c2ccc(N3CCCC(NC(=O)Nc4ccc(Cl)cn4)C3=O)cc2)CC1. The summed E-state index contributed by atoms with van der Waals surface area (Å²) in [6.07, 6.45) is 6.56. The number of anilines is 2. The van der Waals surface area contributed by atoms with Crippen LogP contribution < -0.4 is 20.3 Å². The van der Waals surface area contributed by atoms with Gasteiger partial charge < -0.3 is 10.2 Å². The van der Waals surface area contributed by atoms with Gasteiger partial charge in [-0.3, -0.25) is 10.1 Å².